The molecule has 0 heterocycles. The minimum absolute atomic E-state index is 0. The monoisotopic (exact) mass is 318 g/mol. The predicted molar refractivity (Wildman–Crippen MR) is 87.3 cm³/mol. The average molecular weight is 319 g/mol. The van der Waals surface area contributed by atoms with Gasteiger partial charge in [0.15, 0.2) is 0 Å². The summed E-state index contributed by atoms with van der Waals surface area (Å²) in [6.07, 6.45) is 1.14. The number of benzene rings is 1. The summed E-state index contributed by atoms with van der Waals surface area (Å²) >= 11 is 6.20. The number of halogens is 2. The van der Waals surface area contributed by atoms with Crippen LogP contribution in [0.25, 0.3) is 0 Å². The van der Waals surface area contributed by atoms with E-state index in [1.54, 1.807) is 0 Å². The molecule has 0 bridgehead atoms. The first-order chi connectivity index (χ1) is 8.91. The quantitative estimate of drug-likeness (QED) is 0.840. The Morgan fingerprint density at radius 1 is 1.30 bits per heavy atom. The molecule has 0 aliphatic heterocycles. The van der Waals surface area contributed by atoms with Crippen LogP contribution in [0, 0.1) is 5.92 Å². The summed E-state index contributed by atoms with van der Waals surface area (Å²) in [6.45, 7) is 6.04. The summed E-state index contributed by atoms with van der Waals surface area (Å²) in [4.78, 5) is 11.9. The Morgan fingerprint density at radius 3 is 2.40 bits per heavy atom. The lowest BCUT2D eigenvalue weighted by Crippen LogP contribution is -2.32. The van der Waals surface area contributed by atoms with Crippen molar-refractivity contribution < 1.29 is 4.79 Å². The van der Waals surface area contributed by atoms with Crippen LogP contribution in [0.3, 0.4) is 0 Å². The van der Waals surface area contributed by atoms with Gasteiger partial charge in [-0.2, -0.15) is 0 Å². The second kappa shape index (κ2) is 9.22. The summed E-state index contributed by atoms with van der Waals surface area (Å²) in [5.74, 6) is 0.301. The maximum atomic E-state index is 11.9. The van der Waals surface area contributed by atoms with E-state index >= 15 is 0 Å². The molecule has 0 saturated heterocycles. The van der Waals surface area contributed by atoms with Crippen LogP contribution in [0.1, 0.15) is 45.2 Å². The van der Waals surface area contributed by atoms with E-state index in [-0.39, 0.29) is 36.3 Å². The van der Waals surface area contributed by atoms with Crippen molar-refractivity contribution in [2.24, 2.45) is 11.7 Å². The summed E-state index contributed by atoms with van der Waals surface area (Å²) in [7, 11) is 0. The number of hydrogen-bond acceptors (Lipinski definition) is 2. The predicted octanol–water partition coefficient (Wildman–Crippen LogP) is 3.70. The number of carbonyl (C=O) groups excluding carboxylic acids is 1. The molecule has 0 aliphatic rings. The van der Waals surface area contributed by atoms with Gasteiger partial charge in [0.1, 0.15) is 0 Å². The highest BCUT2D eigenvalue weighted by atomic mass is 35.5. The fraction of sp³-hybridized carbons (Fsp3) is 0.533. The van der Waals surface area contributed by atoms with Crippen LogP contribution < -0.4 is 11.1 Å². The third kappa shape index (κ3) is 6.12. The highest BCUT2D eigenvalue weighted by Gasteiger charge is 2.20. The summed E-state index contributed by atoms with van der Waals surface area (Å²) < 4.78 is 0. The first-order valence-electron chi connectivity index (χ1n) is 6.71. The van der Waals surface area contributed by atoms with Crippen LogP contribution in [-0.4, -0.2) is 11.9 Å². The zero-order chi connectivity index (χ0) is 14.4. The van der Waals surface area contributed by atoms with Crippen molar-refractivity contribution in [1.82, 2.24) is 5.32 Å². The maximum absolute atomic E-state index is 11.9. The van der Waals surface area contributed by atoms with Gasteiger partial charge in [-0.3, -0.25) is 4.79 Å². The Bertz CT molecular complexity index is 422. The largest absolute Gasteiger partial charge is 0.349 e. The fourth-order valence-electron chi connectivity index (χ4n) is 1.94. The van der Waals surface area contributed by atoms with Crippen LogP contribution in [0.5, 0.6) is 0 Å². The number of rotatable bonds is 6. The number of nitrogens with two attached hydrogens (primary N) is 1. The van der Waals surface area contributed by atoms with Gasteiger partial charge in [0.25, 0.3) is 0 Å². The van der Waals surface area contributed by atoms with Gasteiger partial charge in [0.2, 0.25) is 5.91 Å². The third-order valence-electron chi connectivity index (χ3n) is 3.05. The van der Waals surface area contributed by atoms with Crippen LogP contribution in [0.4, 0.5) is 0 Å². The van der Waals surface area contributed by atoms with E-state index in [1.165, 1.54) is 0 Å². The van der Waals surface area contributed by atoms with Crippen LogP contribution in [0.2, 0.25) is 5.02 Å². The van der Waals surface area contributed by atoms with E-state index in [9.17, 15) is 4.79 Å². The van der Waals surface area contributed by atoms with Crippen molar-refractivity contribution in [3.63, 3.8) is 0 Å². The molecule has 114 valence electrons. The molecule has 2 atom stereocenters. The van der Waals surface area contributed by atoms with Crippen molar-refractivity contribution in [3.8, 4) is 0 Å². The smallest absolute Gasteiger partial charge is 0.220 e. The molecule has 3 N–H and O–H groups in total. The van der Waals surface area contributed by atoms with Gasteiger partial charge in [-0.15, -0.1) is 12.4 Å². The van der Waals surface area contributed by atoms with Crippen LogP contribution in [0.15, 0.2) is 24.3 Å². The maximum Gasteiger partial charge on any atom is 0.220 e. The van der Waals surface area contributed by atoms with Crippen molar-refractivity contribution in [2.45, 2.75) is 45.7 Å². The highest BCUT2D eigenvalue weighted by molar-refractivity contribution is 6.31. The van der Waals surface area contributed by atoms with Crippen molar-refractivity contribution in [2.75, 3.05) is 0 Å². The molecule has 0 aromatic heterocycles. The van der Waals surface area contributed by atoms with Gasteiger partial charge in [0, 0.05) is 17.5 Å². The number of amides is 1. The Balaban J connectivity index is 0.00000361. The Labute approximate surface area is 132 Å². The summed E-state index contributed by atoms with van der Waals surface area (Å²) in [5.41, 5.74) is 6.63. The van der Waals surface area contributed by atoms with Gasteiger partial charge < -0.3 is 11.1 Å². The standard InChI is InChI=1S/C15H23ClN2O.ClH/c1-10(2)15(12-6-4-5-7-13(12)16)18-14(19)9-8-11(3)17;/h4-7,10-11,15H,8-9,17H2,1-3H3,(H,18,19);1H. The Morgan fingerprint density at radius 2 is 1.90 bits per heavy atom. The molecule has 2 unspecified atom stereocenters. The number of carbonyl (C=O) groups is 1. The van der Waals surface area contributed by atoms with Crippen molar-refractivity contribution in [1.29, 1.82) is 0 Å². The molecular formula is C15H24Cl2N2O. The van der Waals surface area contributed by atoms with Crippen LogP contribution in [-0.2, 0) is 4.79 Å². The Hall–Kier alpha value is -0.770. The molecular weight excluding hydrogens is 295 g/mol. The van der Waals surface area contributed by atoms with E-state index in [2.05, 4.69) is 19.2 Å². The number of hydrogen-bond donors (Lipinski definition) is 2. The lowest BCUT2D eigenvalue weighted by atomic mass is 9.95. The van der Waals surface area contributed by atoms with E-state index in [0.29, 0.717) is 17.9 Å². The number of nitrogens with one attached hydrogen (secondary N) is 1. The molecule has 0 fully saturated rings. The average Bonchev–Trinajstić information content (AvgIpc) is 2.34. The Kier molecular flexibility index (Phi) is 8.86. The van der Waals surface area contributed by atoms with Gasteiger partial charge in [-0.25, -0.2) is 0 Å². The van der Waals surface area contributed by atoms with Gasteiger partial charge in [0.05, 0.1) is 6.04 Å². The van der Waals surface area contributed by atoms with Crippen LogP contribution >= 0.6 is 24.0 Å². The molecule has 1 amide bonds. The summed E-state index contributed by atoms with van der Waals surface area (Å²) in [5, 5.41) is 3.74. The molecule has 20 heavy (non-hydrogen) atoms. The van der Waals surface area contributed by atoms with Crippen molar-refractivity contribution >= 4 is 29.9 Å². The van der Waals surface area contributed by atoms with E-state index in [4.69, 9.17) is 17.3 Å². The van der Waals surface area contributed by atoms with E-state index < -0.39 is 0 Å². The first-order valence-corrected chi connectivity index (χ1v) is 7.09. The minimum Gasteiger partial charge on any atom is -0.349 e. The molecule has 1 rings (SSSR count). The third-order valence-corrected chi connectivity index (χ3v) is 3.39. The fourth-order valence-corrected chi connectivity index (χ4v) is 2.19. The molecule has 1 aromatic carbocycles. The van der Waals surface area contributed by atoms with E-state index in [0.717, 1.165) is 5.56 Å². The normalized spacial score (nSPS) is 13.5. The van der Waals surface area contributed by atoms with Gasteiger partial charge in [-0.1, -0.05) is 43.6 Å². The topological polar surface area (TPSA) is 55.1 Å². The molecule has 1 aromatic rings. The first kappa shape index (κ1) is 19.2. The second-order valence-electron chi connectivity index (χ2n) is 5.33. The zero-order valence-corrected chi connectivity index (χ0v) is 13.8. The molecule has 0 saturated carbocycles. The van der Waals surface area contributed by atoms with E-state index in [1.807, 2.05) is 31.2 Å². The zero-order valence-electron chi connectivity index (χ0n) is 12.2. The molecule has 5 heteroatoms. The SMILES string of the molecule is CC(N)CCC(=O)NC(c1ccccc1Cl)C(C)C.Cl. The molecule has 0 aliphatic carbocycles. The molecule has 0 radical (unpaired) electrons. The van der Waals surface area contributed by atoms with Gasteiger partial charge in [-0.05, 0) is 30.9 Å². The summed E-state index contributed by atoms with van der Waals surface area (Å²) in [6, 6.07) is 7.61. The minimum atomic E-state index is -0.0609. The second-order valence-corrected chi connectivity index (χ2v) is 5.73. The molecule has 3 nitrogen and oxygen atoms in total. The lowest BCUT2D eigenvalue weighted by molar-refractivity contribution is -0.122. The van der Waals surface area contributed by atoms with Crippen molar-refractivity contribution in [3.05, 3.63) is 34.9 Å². The molecule has 0 spiro atoms. The van der Waals surface area contributed by atoms with Gasteiger partial charge >= 0.3 is 0 Å². The lowest BCUT2D eigenvalue weighted by Gasteiger charge is -2.24. The highest BCUT2D eigenvalue weighted by Crippen LogP contribution is 2.28.